The van der Waals surface area contributed by atoms with Crippen molar-refractivity contribution in [2.75, 3.05) is 13.7 Å². The maximum Gasteiger partial charge on any atom is 0.416 e. The minimum atomic E-state index is -4.50. The molecule has 8 nitrogen and oxygen atoms in total. The number of hydrogen-bond acceptors (Lipinski definition) is 5. The number of carbonyl (C=O) groups is 3. The second-order valence-electron chi connectivity index (χ2n) is 5.70. The first-order valence-corrected chi connectivity index (χ1v) is 7.80. The summed E-state index contributed by atoms with van der Waals surface area (Å²) in [6.45, 7) is 0.940. The molecular formula is C16H21F3N3O5+. The van der Waals surface area contributed by atoms with Gasteiger partial charge in [-0.15, -0.1) is 0 Å². The minimum absolute atomic E-state index is 0.216. The maximum atomic E-state index is 12.6. The van der Waals surface area contributed by atoms with Crippen molar-refractivity contribution in [1.82, 2.24) is 10.6 Å². The van der Waals surface area contributed by atoms with Gasteiger partial charge in [0.2, 0.25) is 5.91 Å². The van der Waals surface area contributed by atoms with Crippen LogP contribution in [0.3, 0.4) is 0 Å². The number of benzene rings is 1. The summed E-state index contributed by atoms with van der Waals surface area (Å²) >= 11 is 0. The normalized spacial score (nSPS) is 14.6. The first kappa shape index (κ1) is 22.4. The summed E-state index contributed by atoms with van der Waals surface area (Å²) in [6, 6.07) is 1.74. The molecule has 0 bridgehead atoms. The summed E-state index contributed by atoms with van der Waals surface area (Å²) in [5.41, 5.74) is 2.94. The van der Waals surface area contributed by atoms with Crippen LogP contribution in [0.2, 0.25) is 0 Å². The van der Waals surface area contributed by atoms with Gasteiger partial charge in [0, 0.05) is 5.56 Å². The zero-order valence-electron chi connectivity index (χ0n) is 14.7. The number of esters is 1. The summed E-state index contributed by atoms with van der Waals surface area (Å²) in [5.74, 6) is -2.30. The Labute approximate surface area is 152 Å². The largest absolute Gasteiger partial charge is 0.468 e. The van der Waals surface area contributed by atoms with Gasteiger partial charge in [-0.2, -0.15) is 13.2 Å². The average molecular weight is 392 g/mol. The average Bonchev–Trinajstić information content (AvgIpc) is 2.63. The molecule has 0 fully saturated rings. The van der Waals surface area contributed by atoms with E-state index in [1.807, 2.05) is 0 Å². The van der Waals surface area contributed by atoms with Gasteiger partial charge in [-0.3, -0.25) is 14.4 Å². The molecule has 0 aromatic heterocycles. The van der Waals surface area contributed by atoms with Gasteiger partial charge in [-0.25, -0.2) is 0 Å². The summed E-state index contributed by atoms with van der Waals surface area (Å²) < 4.78 is 42.0. The molecule has 11 heteroatoms. The van der Waals surface area contributed by atoms with Gasteiger partial charge in [0.05, 0.1) is 12.7 Å². The predicted octanol–water partition coefficient (Wildman–Crippen LogP) is -0.857. The van der Waals surface area contributed by atoms with Gasteiger partial charge >= 0.3 is 12.1 Å². The molecule has 0 aliphatic heterocycles. The Morgan fingerprint density at radius 2 is 1.74 bits per heavy atom. The molecular weight excluding hydrogens is 371 g/mol. The SMILES string of the molecule is COC(=O)CNC(=O)[C@H](C)NC(=O)[C@@H](O)[C@H]([NH3+])c1ccc(C(F)(F)F)cc1. The van der Waals surface area contributed by atoms with Crippen molar-refractivity contribution in [2.24, 2.45) is 0 Å². The lowest BCUT2D eigenvalue weighted by Gasteiger charge is -2.19. The molecule has 0 aliphatic rings. The summed E-state index contributed by atoms with van der Waals surface area (Å²) in [6.07, 6.45) is -6.20. The smallest absolute Gasteiger partial charge is 0.416 e. The van der Waals surface area contributed by atoms with E-state index in [0.717, 1.165) is 31.4 Å². The third-order valence-electron chi connectivity index (χ3n) is 3.70. The van der Waals surface area contributed by atoms with Crippen LogP contribution in [0.1, 0.15) is 24.1 Å². The number of alkyl halides is 3. The van der Waals surface area contributed by atoms with Crippen LogP contribution in [-0.4, -0.2) is 48.7 Å². The number of amides is 2. The Bertz CT molecular complexity index is 679. The highest BCUT2D eigenvalue weighted by atomic mass is 19.4. The third-order valence-corrected chi connectivity index (χ3v) is 3.70. The molecule has 150 valence electrons. The first-order valence-electron chi connectivity index (χ1n) is 7.80. The highest BCUT2D eigenvalue weighted by Gasteiger charge is 2.32. The van der Waals surface area contributed by atoms with E-state index in [0.29, 0.717) is 0 Å². The number of quaternary nitrogens is 1. The van der Waals surface area contributed by atoms with E-state index in [9.17, 15) is 32.7 Å². The van der Waals surface area contributed by atoms with Crippen molar-refractivity contribution in [3.05, 3.63) is 35.4 Å². The van der Waals surface area contributed by atoms with Crippen molar-refractivity contribution in [1.29, 1.82) is 0 Å². The van der Waals surface area contributed by atoms with E-state index in [2.05, 4.69) is 21.1 Å². The predicted molar refractivity (Wildman–Crippen MR) is 85.7 cm³/mol. The van der Waals surface area contributed by atoms with E-state index in [-0.39, 0.29) is 12.1 Å². The Morgan fingerprint density at radius 3 is 2.22 bits per heavy atom. The highest BCUT2D eigenvalue weighted by molar-refractivity contribution is 5.90. The quantitative estimate of drug-likeness (QED) is 0.449. The number of halogens is 3. The zero-order valence-corrected chi connectivity index (χ0v) is 14.7. The van der Waals surface area contributed by atoms with Crippen LogP contribution >= 0.6 is 0 Å². The Kier molecular flexibility index (Phi) is 7.73. The summed E-state index contributed by atoms with van der Waals surface area (Å²) in [7, 11) is 1.14. The number of nitrogens with one attached hydrogen (secondary N) is 2. The lowest BCUT2D eigenvalue weighted by Crippen LogP contribution is -2.63. The van der Waals surface area contributed by atoms with E-state index >= 15 is 0 Å². The van der Waals surface area contributed by atoms with Crippen LogP contribution in [0.4, 0.5) is 13.2 Å². The molecule has 0 heterocycles. The molecule has 0 saturated heterocycles. The number of ether oxygens (including phenoxy) is 1. The van der Waals surface area contributed by atoms with Crippen LogP contribution in [-0.2, 0) is 25.3 Å². The molecule has 3 atom stereocenters. The van der Waals surface area contributed by atoms with Crippen LogP contribution in [0, 0.1) is 0 Å². The van der Waals surface area contributed by atoms with Crippen molar-refractivity contribution in [3.8, 4) is 0 Å². The second kappa shape index (κ2) is 9.33. The van der Waals surface area contributed by atoms with Gasteiger partial charge in [0.15, 0.2) is 6.10 Å². The maximum absolute atomic E-state index is 12.6. The van der Waals surface area contributed by atoms with Crippen molar-refractivity contribution < 1.29 is 43.1 Å². The molecule has 1 rings (SSSR count). The van der Waals surface area contributed by atoms with Crippen LogP contribution in [0.5, 0.6) is 0 Å². The zero-order chi connectivity index (χ0) is 20.8. The van der Waals surface area contributed by atoms with Gasteiger partial charge < -0.3 is 26.2 Å². The fourth-order valence-corrected chi connectivity index (χ4v) is 2.03. The van der Waals surface area contributed by atoms with E-state index < -0.39 is 47.7 Å². The fraction of sp³-hybridized carbons (Fsp3) is 0.438. The molecule has 27 heavy (non-hydrogen) atoms. The molecule has 6 N–H and O–H groups in total. The molecule has 1 aromatic rings. The number of rotatable bonds is 7. The van der Waals surface area contributed by atoms with Crippen molar-refractivity contribution in [3.63, 3.8) is 0 Å². The number of carbonyl (C=O) groups excluding carboxylic acids is 3. The third kappa shape index (κ3) is 6.53. The monoisotopic (exact) mass is 392 g/mol. The molecule has 0 spiro atoms. The summed E-state index contributed by atoms with van der Waals surface area (Å²) in [5, 5.41) is 14.5. The van der Waals surface area contributed by atoms with E-state index in [4.69, 9.17) is 0 Å². The molecule has 1 aromatic carbocycles. The number of aliphatic hydroxyl groups excluding tert-OH is 1. The standard InChI is InChI=1S/C16H20F3N3O5/c1-8(14(25)21-7-11(23)27-2)22-15(26)13(24)12(20)9-3-5-10(6-4-9)16(17,18)19/h3-6,8,12-13,24H,7,20H2,1-2H3,(H,21,25)(H,22,26)/p+1/t8-,12+,13-/m0/s1. The molecule has 2 amide bonds. The Balaban J connectivity index is 2.66. The van der Waals surface area contributed by atoms with Crippen LogP contribution in [0.25, 0.3) is 0 Å². The van der Waals surface area contributed by atoms with Crippen molar-refractivity contribution >= 4 is 17.8 Å². The number of hydrogen-bond donors (Lipinski definition) is 4. The van der Waals surface area contributed by atoms with Crippen LogP contribution in [0.15, 0.2) is 24.3 Å². The van der Waals surface area contributed by atoms with E-state index in [1.165, 1.54) is 6.92 Å². The van der Waals surface area contributed by atoms with Gasteiger partial charge in [-0.1, -0.05) is 12.1 Å². The van der Waals surface area contributed by atoms with E-state index in [1.54, 1.807) is 0 Å². The summed E-state index contributed by atoms with van der Waals surface area (Å²) in [4.78, 5) is 34.8. The van der Waals surface area contributed by atoms with Gasteiger partial charge in [0.25, 0.3) is 5.91 Å². The molecule has 0 radical (unpaired) electrons. The molecule has 0 aliphatic carbocycles. The highest BCUT2D eigenvalue weighted by Crippen LogP contribution is 2.29. The first-order chi connectivity index (χ1) is 12.5. The number of methoxy groups -OCH3 is 1. The lowest BCUT2D eigenvalue weighted by atomic mass is 10.00. The topological polar surface area (TPSA) is 132 Å². The Hall–Kier alpha value is -2.66. The second-order valence-corrected chi connectivity index (χ2v) is 5.70. The molecule has 0 unspecified atom stereocenters. The molecule has 0 saturated carbocycles. The van der Waals surface area contributed by atoms with Gasteiger partial charge in [0.1, 0.15) is 18.6 Å². The number of aliphatic hydroxyl groups is 1. The lowest BCUT2D eigenvalue weighted by molar-refractivity contribution is -0.440. The Morgan fingerprint density at radius 1 is 1.19 bits per heavy atom. The van der Waals surface area contributed by atoms with Gasteiger partial charge in [-0.05, 0) is 19.1 Å². The minimum Gasteiger partial charge on any atom is -0.468 e. The van der Waals surface area contributed by atoms with Crippen molar-refractivity contribution in [2.45, 2.75) is 31.3 Å². The fourth-order valence-electron chi connectivity index (χ4n) is 2.03. The van der Waals surface area contributed by atoms with Crippen LogP contribution < -0.4 is 16.4 Å².